The van der Waals surface area contributed by atoms with Gasteiger partial charge < -0.3 is 9.98 Å². The molecule has 2 heteroatoms. The minimum atomic E-state index is 0.842. The molecule has 0 amide bonds. The zero-order chi connectivity index (χ0) is 34.3. The van der Waals surface area contributed by atoms with Crippen LogP contribution >= 0.6 is 0 Å². The van der Waals surface area contributed by atoms with Gasteiger partial charge in [-0.05, 0) is 84.9 Å². The van der Waals surface area contributed by atoms with E-state index in [1.165, 1.54) is 66.6 Å². The molecular weight excluding hydrogens is 617 g/mol. The molecule has 0 aliphatic rings. The predicted octanol–water partition coefficient (Wildman–Crippen LogP) is 13.3. The van der Waals surface area contributed by atoms with Gasteiger partial charge in [0.05, 0.1) is 11.0 Å². The van der Waals surface area contributed by atoms with E-state index in [0.29, 0.717) is 0 Å². The third-order valence-corrected chi connectivity index (χ3v) is 10.1. The molecule has 9 rings (SSSR count). The van der Waals surface area contributed by atoms with Gasteiger partial charge in [0.2, 0.25) is 0 Å². The van der Waals surface area contributed by atoms with Gasteiger partial charge in [0.25, 0.3) is 0 Å². The Labute approximate surface area is 297 Å². The SMILES string of the molecule is C=C/C=C(\C=N)c1ccc(-c2ccc3c(ccc4c5ccc(-c6ccc(-c7ccccc7)cc6)cc5n(-c5ccccc5)c34)c2)c2ccccc12. The zero-order valence-corrected chi connectivity index (χ0v) is 28.1. The lowest BCUT2D eigenvalue weighted by atomic mass is 9.91. The molecule has 0 aliphatic carbocycles. The summed E-state index contributed by atoms with van der Waals surface area (Å²) in [6, 6.07) is 61.2. The van der Waals surface area contributed by atoms with Crippen LogP contribution in [0.15, 0.2) is 189 Å². The van der Waals surface area contributed by atoms with Crippen LogP contribution in [0.5, 0.6) is 0 Å². The Morgan fingerprint density at radius 3 is 1.84 bits per heavy atom. The topological polar surface area (TPSA) is 28.8 Å². The third-order valence-electron chi connectivity index (χ3n) is 10.1. The Hall–Kier alpha value is -6.77. The van der Waals surface area contributed by atoms with E-state index in [0.717, 1.165) is 33.2 Å². The molecule has 0 bridgehead atoms. The second kappa shape index (κ2) is 12.6. The first-order valence-corrected chi connectivity index (χ1v) is 17.3. The van der Waals surface area contributed by atoms with E-state index < -0.39 is 0 Å². The molecule has 0 atom stereocenters. The molecule has 1 aromatic heterocycles. The summed E-state index contributed by atoms with van der Waals surface area (Å²) < 4.78 is 2.43. The van der Waals surface area contributed by atoms with E-state index in [4.69, 9.17) is 5.41 Å². The fraction of sp³-hybridized carbons (Fsp3) is 0. The van der Waals surface area contributed by atoms with Crippen LogP contribution in [0, 0.1) is 5.41 Å². The van der Waals surface area contributed by atoms with Crippen LogP contribution in [0.3, 0.4) is 0 Å². The largest absolute Gasteiger partial charge is 0.309 e. The molecule has 9 aromatic rings. The molecule has 2 nitrogen and oxygen atoms in total. The Kier molecular flexibility index (Phi) is 7.48. The first-order chi connectivity index (χ1) is 25.2. The van der Waals surface area contributed by atoms with Crippen molar-refractivity contribution in [2.45, 2.75) is 0 Å². The van der Waals surface area contributed by atoms with Crippen LogP contribution in [-0.2, 0) is 0 Å². The van der Waals surface area contributed by atoms with Crippen LogP contribution in [0.4, 0.5) is 0 Å². The van der Waals surface area contributed by atoms with Gasteiger partial charge in [0, 0.05) is 28.1 Å². The van der Waals surface area contributed by atoms with Crippen LogP contribution in [0.2, 0.25) is 0 Å². The van der Waals surface area contributed by atoms with Crippen LogP contribution in [0.1, 0.15) is 5.56 Å². The molecule has 51 heavy (non-hydrogen) atoms. The highest BCUT2D eigenvalue weighted by atomic mass is 15.0. The molecule has 0 aliphatic heterocycles. The molecule has 0 saturated heterocycles. The normalized spacial score (nSPS) is 11.8. The van der Waals surface area contributed by atoms with Crippen LogP contribution in [-0.4, -0.2) is 10.8 Å². The first kappa shape index (κ1) is 30.3. The molecule has 0 radical (unpaired) electrons. The monoisotopic (exact) mass is 650 g/mol. The molecule has 0 unspecified atom stereocenters. The molecule has 8 aromatic carbocycles. The van der Waals surface area contributed by atoms with Crippen LogP contribution in [0.25, 0.3) is 88.0 Å². The maximum absolute atomic E-state index is 8.02. The van der Waals surface area contributed by atoms with Crippen LogP contribution < -0.4 is 0 Å². The number of nitrogens with zero attached hydrogens (tertiary/aromatic N) is 1. The number of hydrogen-bond acceptors (Lipinski definition) is 1. The second-order valence-electron chi connectivity index (χ2n) is 13.0. The summed E-state index contributed by atoms with van der Waals surface area (Å²) in [5, 5.41) is 15.2. The highest BCUT2D eigenvalue weighted by Crippen LogP contribution is 2.41. The quantitative estimate of drug-likeness (QED) is 0.131. The fourth-order valence-electron chi connectivity index (χ4n) is 7.66. The third kappa shape index (κ3) is 5.17. The summed E-state index contributed by atoms with van der Waals surface area (Å²) in [6.45, 7) is 3.86. The average molecular weight is 651 g/mol. The van der Waals surface area contributed by atoms with Gasteiger partial charge in [-0.15, -0.1) is 0 Å². The van der Waals surface area contributed by atoms with Gasteiger partial charge in [-0.2, -0.15) is 0 Å². The second-order valence-corrected chi connectivity index (χ2v) is 13.0. The van der Waals surface area contributed by atoms with E-state index in [1.807, 2.05) is 6.08 Å². The minimum absolute atomic E-state index is 0.842. The first-order valence-electron chi connectivity index (χ1n) is 17.3. The molecule has 0 fully saturated rings. The fourth-order valence-corrected chi connectivity index (χ4v) is 7.66. The lowest BCUT2D eigenvalue weighted by molar-refractivity contribution is 1.19. The van der Waals surface area contributed by atoms with Crippen molar-refractivity contribution in [2.75, 3.05) is 0 Å². The van der Waals surface area contributed by atoms with Gasteiger partial charge in [-0.3, -0.25) is 0 Å². The number of benzene rings is 8. The molecular formula is C49H34N2. The molecule has 1 heterocycles. The van der Waals surface area contributed by atoms with Gasteiger partial charge in [0.15, 0.2) is 0 Å². The maximum atomic E-state index is 8.02. The maximum Gasteiger partial charge on any atom is 0.0619 e. The van der Waals surface area contributed by atoms with Crippen molar-refractivity contribution < 1.29 is 0 Å². The summed E-state index contributed by atoms with van der Waals surface area (Å²) >= 11 is 0. The number of aromatic nitrogens is 1. The lowest BCUT2D eigenvalue weighted by Gasteiger charge is -2.14. The predicted molar refractivity (Wildman–Crippen MR) is 219 cm³/mol. The van der Waals surface area contributed by atoms with Crippen molar-refractivity contribution in [3.63, 3.8) is 0 Å². The Bertz CT molecular complexity index is 2800. The van der Waals surface area contributed by atoms with Crippen molar-refractivity contribution in [1.82, 2.24) is 4.57 Å². The van der Waals surface area contributed by atoms with Gasteiger partial charge in [0.1, 0.15) is 0 Å². The average Bonchev–Trinajstić information content (AvgIpc) is 3.54. The Morgan fingerprint density at radius 1 is 0.490 bits per heavy atom. The number of rotatable bonds is 7. The number of nitrogens with one attached hydrogen (secondary N) is 1. The Balaban J connectivity index is 1.22. The zero-order valence-electron chi connectivity index (χ0n) is 28.1. The van der Waals surface area contributed by atoms with Gasteiger partial charge in [-0.25, -0.2) is 0 Å². The van der Waals surface area contributed by atoms with Crippen molar-refractivity contribution >= 4 is 55.1 Å². The highest BCUT2D eigenvalue weighted by Gasteiger charge is 2.17. The van der Waals surface area contributed by atoms with Gasteiger partial charge >= 0.3 is 0 Å². The molecule has 1 N–H and O–H groups in total. The van der Waals surface area contributed by atoms with E-state index in [-0.39, 0.29) is 0 Å². The summed E-state index contributed by atoms with van der Waals surface area (Å²) in [4.78, 5) is 0. The Morgan fingerprint density at radius 2 is 1.10 bits per heavy atom. The number of para-hydroxylation sites is 1. The van der Waals surface area contributed by atoms with E-state index in [1.54, 1.807) is 6.08 Å². The summed E-state index contributed by atoms with van der Waals surface area (Å²) in [5.74, 6) is 0. The highest BCUT2D eigenvalue weighted by molar-refractivity contribution is 6.20. The minimum Gasteiger partial charge on any atom is -0.309 e. The molecule has 0 saturated carbocycles. The van der Waals surface area contributed by atoms with E-state index in [2.05, 4.69) is 181 Å². The smallest absolute Gasteiger partial charge is 0.0619 e. The van der Waals surface area contributed by atoms with Crippen molar-refractivity contribution in [3.8, 4) is 39.1 Å². The number of allylic oxidation sites excluding steroid dienone is 3. The lowest BCUT2D eigenvalue weighted by Crippen LogP contribution is -1.94. The number of fused-ring (bicyclic) bond motifs is 6. The molecule has 240 valence electrons. The molecule has 0 spiro atoms. The van der Waals surface area contributed by atoms with E-state index >= 15 is 0 Å². The van der Waals surface area contributed by atoms with E-state index in [9.17, 15) is 0 Å². The summed E-state index contributed by atoms with van der Waals surface area (Å²) in [6.07, 6.45) is 5.04. The summed E-state index contributed by atoms with van der Waals surface area (Å²) in [7, 11) is 0. The van der Waals surface area contributed by atoms with Crippen molar-refractivity contribution in [3.05, 3.63) is 194 Å². The van der Waals surface area contributed by atoms with Gasteiger partial charge in [-0.1, -0.05) is 164 Å². The van der Waals surface area contributed by atoms with Crippen molar-refractivity contribution in [2.24, 2.45) is 0 Å². The van der Waals surface area contributed by atoms with Crippen molar-refractivity contribution in [1.29, 1.82) is 5.41 Å². The standard InChI is InChI=1S/C49H34N2/c1-2-11-39(32-50)42-29-28-41(44-16-9-10-17-45(42)44)37-23-25-43-38(30-37)24-27-47-46-26-22-36(31-48(46)51(49(43)47)40-14-7-4-8-15-40)35-20-18-34(19-21-35)33-12-5-3-6-13-33/h2-32,50H,1H2/b39-11+,50-32?. The number of hydrogen-bond donors (Lipinski definition) is 1. The summed E-state index contributed by atoms with van der Waals surface area (Å²) in [5.41, 5.74) is 12.6.